The van der Waals surface area contributed by atoms with Gasteiger partial charge in [-0.3, -0.25) is 9.59 Å². The number of halogens is 1. The summed E-state index contributed by atoms with van der Waals surface area (Å²) in [5.41, 5.74) is 0.830. The van der Waals surface area contributed by atoms with Gasteiger partial charge in [-0.2, -0.15) is 0 Å². The molecule has 1 unspecified atom stereocenters. The highest BCUT2D eigenvalue weighted by atomic mass is 127. The van der Waals surface area contributed by atoms with E-state index < -0.39 is 0 Å². The maximum atomic E-state index is 11.8. The van der Waals surface area contributed by atoms with Crippen molar-refractivity contribution in [2.45, 2.75) is 27.2 Å². The number of carbonyl (C=O) groups is 2. The van der Waals surface area contributed by atoms with Crippen LogP contribution in [0, 0.1) is 11.8 Å². The molecule has 4 nitrogen and oxygen atoms in total. The second kappa shape index (κ2) is 8.24. The minimum atomic E-state index is -0.266. The van der Waals surface area contributed by atoms with Crippen molar-refractivity contribution in [3.05, 3.63) is 29.8 Å². The van der Waals surface area contributed by atoms with Crippen LogP contribution in [0.15, 0.2) is 24.3 Å². The van der Waals surface area contributed by atoms with Gasteiger partial charge in [0.15, 0.2) is 0 Å². The maximum Gasteiger partial charge on any atom is 0.314 e. The van der Waals surface area contributed by atoms with Gasteiger partial charge < -0.3 is 9.47 Å². The van der Waals surface area contributed by atoms with Crippen LogP contribution in [0.1, 0.15) is 26.3 Å². The molecule has 0 saturated carbocycles. The van der Waals surface area contributed by atoms with Gasteiger partial charge in [0, 0.05) is 0 Å². The van der Waals surface area contributed by atoms with E-state index in [2.05, 4.69) is 0 Å². The molecule has 0 radical (unpaired) electrons. The van der Waals surface area contributed by atoms with Crippen molar-refractivity contribution in [1.29, 1.82) is 0 Å². The molecule has 0 amide bonds. The summed E-state index contributed by atoms with van der Waals surface area (Å²) in [7, 11) is 0. The summed E-state index contributed by atoms with van der Waals surface area (Å²) < 4.78 is 10.5. The molecule has 110 valence electrons. The zero-order valence-electron chi connectivity index (χ0n) is 11.9. The van der Waals surface area contributed by atoms with Gasteiger partial charge in [-0.05, 0) is 46.2 Å². The number of benzene rings is 1. The molecule has 0 aliphatic rings. The Morgan fingerprint density at radius 2 is 1.75 bits per heavy atom. The Morgan fingerprint density at radius 1 is 1.15 bits per heavy atom. The topological polar surface area (TPSA) is 52.6 Å². The highest BCUT2D eigenvalue weighted by Gasteiger charge is 2.18. The molecule has 0 fully saturated rings. The first-order valence-electron chi connectivity index (χ1n) is 6.46. The first kappa shape index (κ1) is 16.9. The van der Waals surface area contributed by atoms with Gasteiger partial charge in [-0.1, -0.05) is 32.9 Å². The highest BCUT2D eigenvalue weighted by Crippen LogP contribution is 2.17. The lowest BCUT2D eigenvalue weighted by Crippen LogP contribution is -2.22. The van der Waals surface area contributed by atoms with Crippen molar-refractivity contribution >= 4 is 34.5 Å². The lowest BCUT2D eigenvalue weighted by Gasteiger charge is -2.14. The second-order valence-corrected chi connectivity index (χ2v) is 5.52. The first-order valence-corrected chi connectivity index (χ1v) is 7.98. The second-order valence-electron chi connectivity index (χ2n) is 4.90. The Bertz CT molecular complexity index is 453. The molecule has 1 atom stereocenters. The van der Waals surface area contributed by atoms with Gasteiger partial charge >= 0.3 is 11.9 Å². The number of hydrogen-bond donors (Lipinski definition) is 0. The van der Waals surface area contributed by atoms with E-state index in [9.17, 15) is 9.59 Å². The molecule has 1 rings (SSSR count). The van der Waals surface area contributed by atoms with Crippen LogP contribution in [0.2, 0.25) is 0 Å². The summed E-state index contributed by atoms with van der Waals surface area (Å²) in [6, 6.07) is 6.91. The molecule has 1 aromatic carbocycles. The Balaban J connectivity index is 2.58. The van der Waals surface area contributed by atoms with E-state index >= 15 is 0 Å². The smallest absolute Gasteiger partial charge is 0.314 e. The SMILES string of the molecule is CC(C)C(C)C(=O)Oc1ccc(CC(=O)OCI)cc1. The standard InChI is InChI=1S/C15H19IO4/c1-10(2)11(3)15(18)20-13-6-4-12(5-7-13)8-14(17)19-9-16/h4-7,10-11H,8-9H2,1-3H3. The van der Waals surface area contributed by atoms with Crippen LogP contribution < -0.4 is 4.74 Å². The van der Waals surface area contributed by atoms with Crippen molar-refractivity contribution in [3.63, 3.8) is 0 Å². The summed E-state index contributed by atoms with van der Waals surface area (Å²) in [4.78, 5) is 23.1. The van der Waals surface area contributed by atoms with Gasteiger partial charge in [0.25, 0.3) is 0 Å². The van der Waals surface area contributed by atoms with Crippen LogP contribution in [0.5, 0.6) is 5.75 Å². The van der Waals surface area contributed by atoms with E-state index in [4.69, 9.17) is 9.47 Å². The predicted molar refractivity (Wildman–Crippen MR) is 84.8 cm³/mol. The Hall–Kier alpha value is -1.11. The molecule has 0 spiro atoms. The highest BCUT2D eigenvalue weighted by molar-refractivity contribution is 14.1. The molecular weight excluding hydrogens is 371 g/mol. The summed E-state index contributed by atoms with van der Waals surface area (Å²) in [5, 5.41) is 0. The number of esters is 2. The quantitative estimate of drug-likeness (QED) is 0.324. The van der Waals surface area contributed by atoms with Crippen LogP contribution in [0.3, 0.4) is 0 Å². The van der Waals surface area contributed by atoms with E-state index in [1.54, 1.807) is 24.3 Å². The molecule has 5 heteroatoms. The van der Waals surface area contributed by atoms with Gasteiger partial charge in [0.05, 0.1) is 12.3 Å². The fraction of sp³-hybridized carbons (Fsp3) is 0.467. The summed E-state index contributed by atoms with van der Waals surface area (Å²) in [6.07, 6.45) is 0.222. The van der Waals surface area contributed by atoms with Crippen molar-refractivity contribution in [2.24, 2.45) is 11.8 Å². The largest absolute Gasteiger partial charge is 0.455 e. The molecule has 0 saturated heterocycles. The van der Waals surface area contributed by atoms with Crippen LogP contribution >= 0.6 is 22.6 Å². The van der Waals surface area contributed by atoms with Crippen LogP contribution in [0.4, 0.5) is 0 Å². The molecule has 0 aromatic heterocycles. The van der Waals surface area contributed by atoms with Gasteiger partial charge in [-0.15, -0.1) is 0 Å². The van der Waals surface area contributed by atoms with E-state index in [0.717, 1.165) is 5.56 Å². The van der Waals surface area contributed by atoms with Crippen LogP contribution in [-0.2, 0) is 20.7 Å². The third kappa shape index (κ3) is 5.48. The van der Waals surface area contributed by atoms with E-state index in [1.165, 1.54) is 0 Å². The molecule has 0 aliphatic heterocycles. The number of alkyl halides is 1. The lowest BCUT2D eigenvalue weighted by molar-refractivity contribution is -0.141. The molecule has 0 bridgehead atoms. The fourth-order valence-corrected chi connectivity index (χ4v) is 1.78. The average Bonchev–Trinajstić information content (AvgIpc) is 2.40. The van der Waals surface area contributed by atoms with Gasteiger partial charge in [-0.25, -0.2) is 0 Å². The monoisotopic (exact) mass is 390 g/mol. The number of ether oxygens (including phenoxy) is 2. The zero-order valence-corrected chi connectivity index (χ0v) is 14.0. The Morgan fingerprint density at radius 3 is 2.25 bits per heavy atom. The Kier molecular flexibility index (Phi) is 6.98. The van der Waals surface area contributed by atoms with Gasteiger partial charge in [0.2, 0.25) is 0 Å². The van der Waals surface area contributed by atoms with Crippen molar-refractivity contribution < 1.29 is 19.1 Å². The van der Waals surface area contributed by atoms with Crippen LogP contribution in [0.25, 0.3) is 0 Å². The first-order chi connectivity index (χ1) is 9.43. The molecule has 0 aliphatic carbocycles. The summed E-state index contributed by atoms with van der Waals surface area (Å²) >= 11 is 1.97. The third-order valence-electron chi connectivity index (χ3n) is 3.08. The van der Waals surface area contributed by atoms with Gasteiger partial charge in [0.1, 0.15) is 10.4 Å². The number of hydrogen-bond acceptors (Lipinski definition) is 4. The fourth-order valence-electron chi connectivity index (χ4n) is 1.44. The van der Waals surface area contributed by atoms with E-state index in [1.807, 2.05) is 43.4 Å². The van der Waals surface area contributed by atoms with Crippen molar-refractivity contribution in [2.75, 3.05) is 4.61 Å². The molecule has 0 N–H and O–H groups in total. The van der Waals surface area contributed by atoms with E-state index in [0.29, 0.717) is 10.4 Å². The normalized spacial score (nSPS) is 12.1. The maximum absolute atomic E-state index is 11.8. The van der Waals surface area contributed by atoms with Crippen LogP contribution in [-0.4, -0.2) is 16.6 Å². The molecule has 20 heavy (non-hydrogen) atoms. The summed E-state index contributed by atoms with van der Waals surface area (Å²) in [6.45, 7) is 5.81. The number of rotatable bonds is 6. The number of carbonyl (C=O) groups excluding carboxylic acids is 2. The van der Waals surface area contributed by atoms with E-state index in [-0.39, 0.29) is 30.2 Å². The van der Waals surface area contributed by atoms with Crippen molar-refractivity contribution in [1.82, 2.24) is 0 Å². The average molecular weight is 390 g/mol. The minimum absolute atomic E-state index is 0.145. The molecular formula is C15H19IO4. The van der Waals surface area contributed by atoms with Crippen molar-refractivity contribution in [3.8, 4) is 5.75 Å². The predicted octanol–water partition coefficient (Wildman–Crippen LogP) is 3.36. The molecule has 0 heterocycles. The third-order valence-corrected chi connectivity index (χ3v) is 3.39. The Labute approximate surface area is 133 Å². The molecule has 1 aromatic rings. The summed E-state index contributed by atoms with van der Waals surface area (Å²) in [5.74, 6) is 0.0845. The zero-order chi connectivity index (χ0) is 15.1. The lowest BCUT2D eigenvalue weighted by atomic mass is 9.99. The minimum Gasteiger partial charge on any atom is -0.455 e.